The lowest BCUT2D eigenvalue weighted by Crippen LogP contribution is -2.44. The van der Waals surface area contributed by atoms with Crippen LogP contribution < -0.4 is 11.1 Å². The molecule has 21 heavy (non-hydrogen) atoms. The van der Waals surface area contributed by atoms with Crippen molar-refractivity contribution < 1.29 is 14.3 Å². The zero-order chi connectivity index (χ0) is 15.2. The standard InChI is InChI=1S/C14H21FN4O2/c1-19-4-5-21-12(9-19)8-17-7-10-2-3-11(15)6-13(10)14(16)18-20/h2-3,6,12,17,20H,4-5,7-9H2,1H3,(H2,16,18). The number of hydrogen-bond acceptors (Lipinski definition) is 5. The van der Waals surface area contributed by atoms with E-state index in [0.29, 0.717) is 18.7 Å². The van der Waals surface area contributed by atoms with E-state index in [1.807, 2.05) is 0 Å². The summed E-state index contributed by atoms with van der Waals surface area (Å²) in [7, 11) is 2.06. The number of morpholine rings is 1. The van der Waals surface area contributed by atoms with Gasteiger partial charge in [0, 0.05) is 31.7 Å². The fraction of sp³-hybridized carbons (Fsp3) is 0.500. The van der Waals surface area contributed by atoms with Crippen molar-refractivity contribution in [2.45, 2.75) is 12.6 Å². The highest BCUT2D eigenvalue weighted by atomic mass is 19.1. The van der Waals surface area contributed by atoms with Crippen LogP contribution in [0.15, 0.2) is 23.4 Å². The smallest absolute Gasteiger partial charge is 0.170 e. The lowest BCUT2D eigenvalue weighted by molar-refractivity contribution is -0.0182. The van der Waals surface area contributed by atoms with E-state index in [0.717, 1.165) is 25.3 Å². The number of nitrogens with two attached hydrogens (primary N) is 1. The quantitative estimate of drug-likeness (QED) is 0.316. The SMILES string of the molecule is CN1CCOC(CNCc2ccc(F)cc2C(N)=NO)C1. The number of oxime groups is 1. The Hall–Kier alpha value is -1.70. The third-order valence-corrected chi connectivity index (χ3v) is 3.48. The second-order valence-corrected chi connectivity index (χ2v) is 5.17. The Kier molecular flexibility index (Phi) is 5.49. The molecule has 1 unspecified atom stereocenters. The predicted molar refractivity (Wildman–Crippen MR) is 77.9 cm³/mol. The van der Waals surface area contributed by atoms with E-state index < -0.39 is 5.82 Å². The molecule has 1 saturated heterocycles. The molecule has 1 heterocycles. The summed E-state index contributed by atoms with van der Waals surface area (Å²) in [5.41, 5.74) is 6.74. The normalized spacial score (nSPS) is 20.7. The molecule has 4 N–H and O–H groups in total. The Morgan fingerprint density at radius 3 is 3.14 bits per heavy atom. The Morgan fingerprint density at radius 2 is 2.43 bits per heavy atom. The largest absolute Gasteiger partial charge is 0.409 e. The molecule has 1 fully saturated rings. The summed E-state index contributed by atoms with van der Waals surface area (Å²) in [6.07, 6.45) is 0.136. The molecule has 1 aromatic rings. The van der Waals surface area contributed by atoms with E-state index in [-0.39, 0.29) is 11.9 Å². The monoisotopic (exact) mass is 296 g/mol. The van der Waals surface area contributed by atoms with Crippen LogP contribution in [0.3, 0.4) is 0 Å². The van der Waals surface area contributed by atoms with Crippen LogP contribution in [-0.4, -0.2) is 55.3 Å². The molecule has 7 heteroatoms. The van der Waals surface area contributed by atoms with E-state index in [2.05, 4.69) is 22.4 Å². The zero-order valence-electron chi connectivity index (χ0n) is 12.1. The maximum absolute atomic E-state index is 13.3. The Balaban J connectivity index is 1.93. The Bertz CT molecular complexity index is 510. The molecular formula is C14H21FN4O2. The number of amidine groups is 1. The lowest BCUT2D eigenvalue weighted by atomic mass is 10.1. The van der Waals surface area contributed by atoms with Gasteiger partial charge in [-0.3, -0.25) is 0 Å². The number of ether oxygens (including phenoxy) is 1. The van der Waals surface area contributed by atoms with Crippen LogP contribution >= 0.6 is 0 Å². The van der Waals surface area contributed by atoms with Gasteiger partial charge in [-0.1, -0.05) is 11.2 Å². The molecule has 6 nitrogen and oxygen atoms in total. The molecule has 0 radical (unpaired) electrons. The van der Waals surface area contributed by atoms with Crippen LogP contribution in [0.2, 0.25) is 0 Å². The molecule has 0 bridgehead atoms. The van der Waals surface area contributed by atoms with E-state index in [9.17, 15) is 4.39 Å². The minimum atomic E-state index is -0.419. The van der Waals surface area contributed by atoms with Gasteiger partial charge in [0.2, 0.25) is 0 Å². The molecule has 0 aliphatic carbocycles. The number of rotatable bonds is 5. The van der Waals surface area contributed by atoms with Crippen molar-refractivity contribution in [1.82, 2.24) is 10.2 Å². The average Bonchev–Trinajstić information content (AvgIpc) is 2.48. The van der Waals surface area contributed by atoms with Gasteiger partial charge in [0.1, 0.15) is 5.82 Å². The highest BCUT2D eigenvalue weighted by Crippen LogP contribution is 2.11. The third kappa shape index (κ3) is 4.38. The molecule has 0 saturated carbocycles. The predicted octanol–water partition coefficient (Wildman–Crippen LogP) is 0.340. The fourth-order valence-corrected chi connectivity index (χ4v) is 2.35. The minimum absolute atomic E-state index is 0.0973. The van der Waals surface area contributed by atoms with Crippen LogP contribution in [0, 0.1) is 5.82 Å². The first kappa shape index (κ1) is 15.7. The summed E-state index contributed by atoms with van der Waals surface area (Å²) in [6, 6.07) is 4.25. The number of halogens is 1. The van der Waals surface area contributed by atoms with Crippen LogP contribution in [0.4, 0.5) is 4.39 Å². The maximum Gasteiger partial charge on any atom is 0.170 e. The van der Waals surface area contributed by atoms with Crippen molar-refractivity contribution >= 4 is 5.84 Å². The van der Waals surface area contributed by atoms with Gasteiger partial charge in [-0.2, -0.15) is 0 Å². The van der Waals surface area contributed by atoms with Crippen LogP contribution in [-0.2, 0) is 11.3 Å². The minimum Gasteiger partial charge on any atom is -0.409 e. The first-order chi connectivity index (χ1) is 10.1. The lowest BCUT2D eigenvalue weighted by Gasteiger charge is -2.30. The van der Waals surface area contributed by atoms with Gasteiger partial charge in [-0.25, -0.2) is 4.39 Å². The molecule has 0 spiro atoms. The third-order valence-electron chi connectivity index (χ3n) is 3.48. The summed E-state index contributed by atoms with van der Waals surface area (Å²) >= 11 is 0. The van der Waals surface area contributed by atoms with Gasteiger partial charge < -0.3 is 25.9 Å². The van der Waals surface area contributed by atoms with E-state index in [1.165, 1.54) is 12.1 Å². The molecule has 1 aromatic carbocycles. The highest BCUT2D eigenvalue weighted by Gasteiger charge is 2.17. The first-order valence-electron chi connectivity index (χ1n) is 6.87. The van der Waals surface area contributed by atoms with Crippen molar-refractivity contribution in [3.63, 3.8) is 0 Å². The summed E-state index contributed by atoms with van der Waals surface area (Å²) in [5, 5.41) is 15.0. The molecule has 1 atom stereocenters. The first-order valence-corrected chi connectivity index (χ1v) is 6.87. The van der Waals surface area contributed by atoms with Crippen molar-refractivity contribution in [2.75, 3.05) is 33.3 Å². The number of likely N-dealkylation sites (N-methyl/N-ethyl adjacent to an activating group) is 1. The van der Waals surface area contributed by atoms with Gasteiger partial charge in [0.25, 0.3) is 0 Å². The average molecular weight is 296 g/mol. The molecule has 0 aromatic heterocycles. The van der Waals surface area contributed by atoms with Crippen molar-refractivity contribution in [1.29, 1.82) is 0 Å². The van der Waals surface area contributed by atoms with Crippen molar-refractivity contribution in [3.05, 3.63) is 35.1 Å². The van der Waals surface area contributed by atoms with E-state index in [4.69, 9.17) is 15.7 Å². The zero-order valence-corrected chi connectivity index (χ0v) is 12.1. The summed E-state index contributed by atoms with van der Waals surface area (Å²) in [5.74, 6) is -0.516. The molecular weight excluding hydrogens is 275 g/mol. The van der Waals surface area contributed by atoms with Crippen molar-refractivity contribution in [2.24, 2.45) is 10.9 Å². The highest BCUT2D eigenvalue weighted by molar-refractivity contribution is 5.98. The molecule has 2 rings (SSSR count). The summed E-state index contributed by atoms with van der Waals surface area (Å²) < 4.78 is 18.9. The maximum atomic E-state index is 13.3. The number of nitrogens with one attached hydrogen (secondary N) is 1. The summed E-state index contributed by atoms with van der Waals surface area (Å²) in [6.45, 7) is 3.74. The number of nitrogens with zero attached hydrogens (tertiary/aromatic N) is 2. The second-order valence-electron chi connectivity index (χ2n) is 5.17. The Labute approximate surface area is 123 Å². The topological polar surface area (TPSA) is 83.1 Å². The van der Waals surface area contributed by atoms with Gasteiger partial charge in [0.05, 0.1) is 12.7 Å². The number of benzene rings is 1. The van der Waals surface area contributed by atoms with E-state index >= 15 is 0 Å². The van der Waals surface area contributed by atoms with Crippen LogP contribution in [0.1, 0.15) is 11.1 Å². The fourth-order valence-electron chi connectivity index (χ4n) is 2.35. The van der Waals surface area contributed by atoms with Gasteiger partial charge in [-0.05, 0) is 24.7 Å². The van der Waals surface area contributed by atoms with E-state index in [1.54, 1.807) is 6.07 Å². The van der Waals surface area contributed by atoms with Gasteiger partial charge >= 0.3 is 0 Å². The molecule has 1 aliphatic heterocycles. The number of hydrogen-bond donors (Lipinski definition) is 3. The van der Waals surface area contributed by atoms with Gasteiger partial charge in [0.15, 0.2) is 5.84 Å². The molecule has 1 aliphatic rings. The molecule has 116 valence electrons. The van der Waals surface area contributed by atoms with Crippen molar-refractivity contribution in [3.8, 4) is 0 Å². The van der Waals surface area contributed by atoms with Gasteiger partial charge in [-0.15, -0.1) is 0 Å². The van der Waals surface area contributed by atoms with Crippen LogP contribution in [0.5, 0.6) is 0 Å². The molecule has 0 amide bonds. The second kappa shape index (κ2) is 7.35. The van der Waals surface area contributed by atoms with Crippen LogP contribution in [0.25, 0.3) is 0 Å². The Morgan fingerprint density at radius 1 is 1.62 bits per heavy atom. The summed E-state index contributed by atoms with van der Waals surface area (Å²) in [4.78, 5) is 2.22.